The largest absolute Gasteiger partial charge is 0.484 e. The fourth-order valence-electron chi connectivity index (χ4n) is 2.51. The Morgan fingerprint density at radius 1 is 1.25 bits per heavy atom. The maximum absolute atomic E-state index is 12.8. The number of carbonyl (C=O) groups is 1. The van der Waals surface area contributed by atoms with Crippen molar-refractivity contribution in [2.45, 2.75) is 6.92 Å². The first kappa shape index (κ1) is 16.1. The molecule has 0 aliphatic carbocycles. The third-order valence-corrected chi connectivity index (χ3v) is 3.89. The van der Waals surface area contributed by atoms with E-state index in [2.05, 4.69) is 0 Å². The number of carbonyl (C=O) groups excluding carboxylic acids is 1. The quantitative estimate of drug-likeness (QED) is 0.788. The van der Waals surface area contributed by atoms with Crippen LogP contribution in [0, 0.1) is 6.92 Å². The van der Waals surface area contributed by atoms with Crippen molar-refractivity contribution in [3.8, 4) is 16.9 Å². The monoisotopic (exact) mass is 343 g/mol. The van der Waals surface area contributed by atoms with Crippen LogP contribution in [-0.4, -0.2) is 12.5 Å². The molecular weight excluding hydrogens is 330 g/mol. The van der Waals surface area contributed by atoms with Gasteiger partial charge in [0.1, 0.15) is 17.1 Å². The zero-order chi connectivity index (χ0) is 17.3. The molecule has 3 aromatic rings. The number of halogens is 1. The minimum absolute atomic E-state index is 0.177. The van der Waals surface area contributed by atoms with Crippen LogP contribution in [0.25, 0.3) is 22.1 Å². The summed E-state index contributed by atoms with van der Waals surface area (Å²) in [5.74, 6) is 0.267. The average Bonchev–Trinajstić information content (AvgIpc) is 2.54. The maximum Gasteiger partial charge on any atom is 0.255 e. The fraction of sp³-hybridized carbons (Fsp3) is 0.111. The van der Waals surface area contributed by atoms with Crippen LogP contribution in [0.5, 0.6) is 5.75 Å². The molecule has 0 aliphatic rings. The number of benzene rings is 2. The molecule has 122 valence electrons. The van der Waals surface area contributed by atoms with Gasteiger partial charge in [0.2, 0.25) is 5.43 Å². The van der Waals surface area contributed by atoms with Crippen LogP contribution < -0.4 is 15.9 Å². The van der Waals surface area contributed by atoms with Gasteiger partial charge >= 0.3 is 0 Å². The minimum atomic E-state index is -0.582. The Morgan fingerprint density at radius 2 is 2.00 bits per heavy atom. The van der Waals surface area contributed by atoms with E-state index in [0.717, 1.165) is 0 Å². The Bertz CT molecular complexity index is 994. The van der Waals surface area contributed by atoms with Crippen molar-refractivity contribution >= 4 is 28.5 Å². The molecule has 0 atom stereocenters. The number of hydrogen-bond donors (Lipinski definition) is 1. The SMILES string of the molecule is Cc1oc2cc(OCC(N)=O)ccc2c(=O)c1-c1ccccc1Cl. The second-order valence-corrected chi connectivity index (χ2v) is 5.66. The molecule has 2 aromatic carbocycles. The summed E-state index contributed by atoms with van der Waals surface area (Å²) in [4.78, 5) is 23.6. The molecule has 0 radical (unpaired) electrons. The topological polar surface area (TPSA) is 82.5 Å². The number of fused-ring (bicyclic) bond motifs is 1. The van der Waals surface area contributed by atoms with Gasteiger partial charge < -0.3 is 14.9 Å². The van der Waals surface area contributed by atoms with Crippen molar-refractivity contribution in [1.29, 1.82) is 0 Å². The zero-order valence-electron chi connectivity index (χ0n) is 12.8. The lowest BCUT2D eigenvalue weighted by Crippen LogP contribution is -2.20. The van der Waals surface area contributed by atoms with E-state index >= 15 is 0 Å². The standard InChI is InChI=1S/C18H14ClNO4/c1-10-17(12-4-2-3-5-14(12)19)18(22)13-7-6-11(8-15(13)24-10)23-9-16(20)21/h2-8H,9H2,1H3,(H2,20,21). The molecule has 3 rings (SSSR count). The van der Waals surface area contributed by atoms with E-state index in [0.29, 0.717) is 38.6 Å². The Kier molecular flexibility index (Phi) is 4.27. The number of aryl methyl sites for hydroxylation is 1. The smallest absolute Gasteiger partial charge is 0.255 e. The van der Waals surface area contributed by atoms with E-state index in [1.54, 1.807) is 43.3 Å². The van der Waals surface area contributed by atoms with Crippen LogP contribution in [0.15, 0.2) is 51.7 Å². The molecular formula is C18H14ClNO4. The number of rotatable bonds is 4. The summed E-state index contributed by atoms with van der Waals surface area (Å²) in [6.45, 7) is 1.46. The van der Waals surface area contributed by atoms with Crippen LogP contribution >= 0.6 is 11.6 Å². The van der Waals surface area contributed by atoms with Crippen LogP contribution in [0.1, 0.15) is 5.76 Å². The van der Waals surface area contributed by atoms with Gasteiger partial charge in [-0.1, -0.05) is 29.8 Å². The predicted molar refractivity (Wildman–Crippen MR) is 92.4 cm³/mol. The van der Waals surface area contributed by atoms with E-state index in [1.807, 2.05) is 6.07 Å². The number of hydrogen-bond acceptors (Lipinski definition) is 4. The highest BCUT2D eigenvalue weighted by Crippen LogP contribution is 2.30. The van der Waals surface area contributed by atoms with Gasteiger partial charge in [-0.3, -0.25) is 9.59 Å². The second kappa shape index (κ2) is 6.37. The Labute approximate surface area is 142 Å². The molecule has 1 amide bonds. The van der Waals surface area contributed by atoms with Crippen LogP contribution in [-0.2, 0) is 4.79 Å². The molecule has 0 bridgehead atoms. The van der Waals surface area contributed by atoms with Crippen LogP contribution in [0.3, 0.4) is 0 Å². The molecule has 0 unspecified atom stereocenters. The van der Waals surface area contributed by atoms with Crippen molar-refractivity contribution in [2.75, 3.05) is 6.61 Å². The molecule has 6 heteroatoms. The Hall–Kier alpha value is -2.79. The van der Waals surface area contributed by atoms with Crippen molar-refractivity contribution in [3.05, 3.63) is 63.5 Å². The highest BCUT2D eigenvalue weighted by Gasteiger charge is 2.16. The van der Waals surface area contributed by atoms with Crippen LogP contribution in [0.4, 0.5) is 0 Å². The Morgan fingerprint density at radius 3 is 2.71 bits per heavy atom. The van der Waals surface area contributed by atoms with Gasteiger partial charge in [0.15, 0.2) is 6.61 Å². The highest BCUT2D eigenvalue weighted by atomic mass is 35.5. The summed E-state index contributed by atoms with van der Waals surface area (Å²) >= 11 is 6.21. The molecule has 0 saturated heterocycles. The number of primary amides is 1. The summed E-state index contributed by atoms with van der Waals surface area (Å²) in [6.07, 6.45) is 0. The number of ether oxygens (including phenoxy) is 1. The summed E-state index contributed by atoms with van der Waals surface area (Å²) in [7, 11) is 0. The molecule has 0 spiro atoms. The van der Waals surface area contributed by atoms with E-state index in [1.165, 1.54) is 0 Å². The van der Waals surface area contributed by atoms with Gasteiger partial charge in [0.05, 0.1) is 10.9 Å². The first-order valence-electron chi connectivity index (χ1n) is 7.21. The zero-order valence-corrected chi connectivity index (χ0v) is 13.6. The molecule has 1 heterocycles. The third-order valence-electron chi connectivity index (χ3n) is 3.56. The number of amides is 1. The van der Waals surface area contributed by atoms with Crippen LogP contribution in [0.2, 0.25) is 5.02 Å². The lowest BCUT2D eigenvalue weighted by molar-refractivity contribution is -0.119. The van der Waals surface area contributed by atoms with Gasteiger partial charge in [-0.2, -0.15) is 0 Å². The van der Waals surface area contributed by atoms with Gasteiger partial charge in [0.25, 0.3) is 5.91 Å². The maximum atomic E-state index is 12.8. The predicted octanol–water partition coefficient (Wildman–Crippen LogP) is 3.29. The first-order chi connectivity index (χ1) is 11.5. The van der Waals surface area contributed by atoms with E-state index in [9.17, 15) is 9.59 Å². The van der Waals surface area contributed by atoms with Gasteiger partial charge in [0, 0.05) is 16.7 Å². The van der Waals surface area contributed by atoms with Crippen molar-refractivity contribution in [3.63, 3.8) is 0 Å². The summed E-state index contributed by atoms with van der Waals surface area (Å²) < 4.78 is 11.0. The lowest BCUT2D eigenvalue weighted by atomic mass is 10.0. The first-order valence-corrected chi connectivity index (χ1v) is 7.58. The van der Waals surface area contributed by atoms with E-state index in [-0.39, 0.29) is 12.0 Å². The molecule has 24 heavy (non-hydrogen) atoms. The summed E-state index contributed by atoms with van der Waals surface area (Å²) in [5, 5.41) is 0.885. The summed E-state index contributed by atoms with van der Waals surface area (Å²) in [5.41, 5.74) is 6.30. The molecule has 5 nitrogen and oxygen atoms in total. The van der Waals surface area contributed by atoms with Gasteiger partial charge in [-0.15, -0.1) is 0 Å². The summed E-state index contributed by atoms with van der Waals surface area (Å²) in [6, 6.07) is 11.9. The molecule has 0 fully saturated rings. The number of nitrogens with two attached hydrogens (primary N) is 1. The Balaban J connectivity index is 2.15. The molecule has 0 saturated carbocycles. The van der Waals surface area contributed by atoms with Gasteiger partial charge in [-0.05, 0) is 25.1 Å². The molecule has 1 aromatic heterocycles. The minimum Gasteiger partial charge on any atom is -0.484 e. The lowest BCUT2D eigenvalue weighted by Gasteiger charge is -2.10. The van der Waals surface area contributed by atoms with Crippen molar-refractivity contribution in [2.24, 2.45) is 5.73 Å². The second-order valence-electron chi connectivity index (χ2n) is 5.26. The van der Waals surface area contributed by atoms with Crippen molar-refractivity contribution < 1.29 is 13.9 Å². The molecule has 0 aliphatic heterocycles. The van der Waals surface area contributed by atoms with Crippen molar-refractivity contribution in [1.82, 2.24) is 0 Å². The van der Waals surface area contributed by atoms with E-state index < -0.39 is 5.91 Å². The third kappa shape index (κ3) is 2.98. The highest BCUT2D eigenvalue weighted by molar-refractivity contribution is 6.33. The average molecular weight is 344 g/mol. The normalized spacial score (nSPS) is 10.8. The fourth-order valence-corrected chi connectivity index (χ4v) is 2.74. The molecule has 2 N–H and O–H groups in total. The van der Waals surface area contributed by atoms with Gasteiger partial charge in [-0.25, -0.2) is 0 Å². The van der Waals surface area contributed by atoms with E-state index in [4.69, 9.17) is 26.5 Å².